The molecular formula is C20H22N4O3. The van der Waals surface area contributed by atoms with Crippen molar-refractivity contribution in [3.63, 3.8) is 0 Å². The SMILES string of the molecule is Cc1cc(C)c(-n2cccn2)c(-c2nccn2[C@H]2CO[C@H]3[C@@H]2OC[C@H]3O)c1. The number of hydrogen-bond acceptors (Lipinski definition) is 5. The summed E-state index contributed by atoms with van der Waals surface area (Å²) < 4.78 is 15.6. The van der Waals surface area contributed by atoms with Gasteiger partial charge in [0, 0.05) is 30.4 Å². The number of ether oxygens (including phenoxy) is 2. The second-order valence-electron chi connectivity index (χ2n) is 7.32. The fraction of sp³-hybridized carbons (Fsp3) is 0.400. The fourth-order valence-corrected chi connectivity index (χ4v) is 4.32. The van der Waals surface area contributed by atoms with Gasteiger partial charge in [0.05, 0.1) is 24.9 Å². The van der Waals surface area contributed by atoms with Crippen LogP contribution in [-0.2, 0) is 9.47 Å². The zero-order valence-electron chi connectivity index (χ0n) is 15.3. The van der Waals surface area contributed by atoms with Crippen molar-refractivity contribution in [2.45, 2.75) is 38.2 Å². The maximum Gasteiger partial charge on any atom is 0.142 e. The smallest absolute Gasteiger partial charge is 0.142 e. The van der Waals surface area contributed by atoms with Crippen LogP contribution >= 0.6 is 0 Å². The van der Waals surface area contributed by atoms with Gasteiger partial charge in [0.15, 0.2) is 0 Å². The van der Waals surface area contributed by atoms with Gasteiger partial charge in [0.1, 0.15) is 24.1 Å². The Bertz CT molecular complexity index is 966. The highest BCUT2D eigenvalue weighted by atomic mass is 16.6. The first kappa shape index (κ1) is 16.7. The molecule has 2 aromatic heterocycles. The van der Waals surface area contributed by atoms with Gasteiger partial charge < -0.3 is 19.1 Å². The molecule has 0 radical (unpaired) electrons. The third-order valence-corrected chi connectivity index (χ3v) is 5.45. The number of aliphatic hydroxyl groups is 1. The van der Waals surface area contributed by atoms with Crippen LogP contribution in [0.5, 0.6) is 0 Å². The summed E-state index contributed by atoms with van der Waals surface area (Å²) in [4.78, 5) is 4.67. The topological polar surface area (TPSA) is 74.3 Å². The first-order valence-corrected chi connectivity index (χ1v) is 9.19. The summed E-state index contributed by atoms with van der Waals surface area (Å²) in [6.45, 7) is 4.99. The Labute approximate surface area is 157 Å². The minimum Gasteiger partial charge on any atom is -0.388 e. The highest BCUT2D eigenvalue weighted by molar-refractivity contribution is 5.71. The lowest BCUT2D eigenvalue weighted by Crippen LogP contribution is -2.30. The van der Waals surface area contributed by atoms with Crippen molar-refractivity contribution in [1.82, 2.24) is 19.3 Å². The lowest BCUT2D eigenvalue weighted by Gasteiger charge is -2.21. The Morgan fingerprint density at radius 3 is 2.74 bits per heavy atom. The van der Waals surface area contributed by atoms with Gasteiger partial charge in [0.2, 0.25) is 0 Å². The highest BCUT2D eigenvalue weighted by Gasteiger charge is 2.48. The molecule has 0 aliphatic carbocycles. The molecule has 2 aliphatic heterocycles. The molecule has 27 heavy (non-hydrogen) atoms. The van der Waals surface area contributed by atoms with Gasteiger partial charge >= 0.3 is 0 Å². The van der Waals surface area contributed by atoms with Gasteiger partial charge in [-0.2, -0.15) is 5.10 Å². The van der Waals surface area contributed by atoms with E-state index in [4.69, 9.17) is 9.47 Å². The monoisotopic (exact) mass is 366 g/mol. The van der Waals surface area contributed by atoms with E-state index >= 15 is 0 Å². The minimum absolute atomic E-state index is 0.0176. The van der Waals surface area contributed by atoms with Gasteiger partial charge in [-0.3, -0.25) is 0 Å². The van der Waals surface area contributed by atoms with Gasteiger partial charge in [-0.25, -0.2) is 9.67 Å². The predicted octanol–water partition coefficient (Wildman–Crippen LogP) is 2.05. The van der Waals surface area contributed by atoms with E-state index < -0.39 is 6.10 Å². The molecule has 0 amide bonds. The Kier molecular flexibility index (Phi) is 3.89. The average molecular weight is 366 g/mol. The lowest BCUT2D eigenvalue weighted by atomic mass is 10.0. The number of fused-ring (bicyclic) bond motifs is 1. The molecule has 5 rings (SSSR count). The van der Waals surface area contributed by atoms with Crippen molar-refractivity contribution < 1.29 is 14.6 Å². The quantitative estimate of drug-likeness (QED) is 0.768. The minimum atomic E-state index is -0.562. The van der Waals surface area contributed by atoms with E-state index in [0.717, 1.165) is 22.6 Å². The second kappa shape index (κ2) is 6.30. The molecule has 0 saturated carbocycles. The molecule has 0 spiro atoms. The summed E-state index contributed by atoms with van der Waals surface area (Å²) in [5, 5.41) is 14.5. The molecular weight excluding hydrogens is 344 g/mol. The number of aromatic nitrogens is 4. The maximum atomic E-state index is 10.1. The molecule has 0 bridgehead atoms. The summed E-state index contributed by atoms with van der Waals surface area (Å²) in [6, 6.07) is 6.19. The molecule has 7 nitrogen and oxygen atoms in total. The van der Waals surface area contributed by atoms with E-state index in [9.17, 15) is 5.11 Å². The van der Waals surface area contributed by atoms with E-state index in [-0.39, 0.29) is 18.2 Å². The summed E-state index contributed by atoms with van der Waals surface area (Å²) in [7, 11) is 0. The molecule has 4 heterocycles. The molecule has 2 aliphatic rings. The normalized spacial score (nSPS) is 27.2. The van der Waals surface area contributed by atoms with Gasteiger partial charge in [-0.1, -0.05) is 6.07 Å². The van der Waals surface area contributed by atoms with E-state index in [2.05, 4.69) is 40.6 Å². The van der Waals surface area contributed by atoms with E-state index in [1.165, 1.54) is 5.56 Å². The summed E-state index contributed by atoms with van der Waals surface area (Å²) in [5.41, 5.74) is 4.33. The zero-order chi connectivity index (χ0) is 18.5. The molecule has 0 unspecified atom stereocenters. The number of rotatable bonds is 3. The third kappa shape index (κ3) is 2.62. The van der Waals surface area contributed by atoms with Crippen LogP contribution in [0.15, 0.2) is 43.0 Å². The van der Waals surface area contributed by atoms with E-state index in [1.54, 1.807) is 12.4 Å². The lowest BCUT2D eigenvalue weighted by molar-refractivity contribution is 0.0172. The zero-order valence-corrected chi connectivity index (χ0v) is 15.3. The number of benzene rings is 1. The first-order chi connectivity index (χ1) is 13.1. The standard InChI is InChI=1S/C20H22N4O3/c1-12-8-13(2)17(24-6-3-4-22-24)14(9-12)20-21-5-7-23(20)15-10-26-19-16(25)11-27-18(15)19/h3-9,15-16,18-19,25H,10-11H2,1-2H3/t15-,16+,18+,19+/m0/s1. The largest absolute Gasteiger partial charge is 0.388 e. The van der Waals surface area contributed by atoms with Crippen LogP contribution in [0.25, 0.3) is 17.1 Å². The van der Waals surface area contributed by atoms with Crippen LogP contribution in [0, 0.1) is 13.8 Å². The number of aryl methyl sites for hydroxylation is 2. The molecule has 7 heteroatoms. The van der Waals surface area contributed by atoms with Crippen LogP contribution in [-0.4, -0.2) is 56.0 Å². The Balaban J connectivity index is 1.63. The van der Waals surface area contributed by atoms with Crippen LogP contribution in [0.3, 0.4) is 0 Å². The summed E-state index contributed by atoms with van der Waals surface area (Å²) in [6.07, 6.45) is 6.50. The average Bonchev–Trinajstić information content (AvgIpc) is 3.40. The van der Waals surface area contributed by atoms with Gasteiger partial charge in [0.25, 0.3) is 0 Å². The van der Waals surface area contributed by atoms with Crippen molar-refractivity contribution in [1.29, 1.82) is 0 Å². The van der Waals surface area contributed by atoms with Crippen molar-refractivity contribution >= 4 is 0 Å². The van der Waals surface area contributed by atoms with Crippen molar-refractivity contribution in [2.24, 2.45) is 0 Å². The molecule has 140 valence electrons. The second-order valence-corrected chi connectivity index (χ2v) is 7.32. The Hall–Kier alpha value is -2.48. The molecule has 1 N–H and O–H groups in total. The van der Waals surface area contributed by atoms with Gasteiger partial charge in [-0.15, -0.1) is 0 Å². The molecule has 1 aromatic carbocycles. The summed E-state index contributed by atoms with van der Waals surface area (Å²) >= 11 is 0. The fourth-order valence-electron chi connectivity index (χ4n) is 4.32. The third-order valence-electron chi connectivity index (χ3n) is 5.45. The van der Waals surface area contributed by atoms with Crippen LogP contribution in [0.4, 0.5) is 0 Å². The maximum absolute atomic E-state index is 10.1. The highest BCUT2D eigenvalue weighted by Crippen LogP contribution is 2.38. The van der Waals surface area contributed by atoms with Crippen molar-refractivity contribution in [3.8, 4) is 17.1 Å². The van der Waals surface area contributed by atoms with Crippen molar-refractivity contribution in [3.05, 3.63) is 54.1 Å². The predicted molar refractivity (Wildman–Crippen MR) is 98.8 cm³/mol. The van der Waals surface area contributed by atoms with E-state index in [0.29, 0.717) is 13.2 Å². The van der Waals surface area contributed by atoms with Crippen LogP contribution in [0.1, 0.15) is 17.2 Å². The summed E-state index contributed by atoms with van der Waals surface area (Å²) in [5.74, 6) is 0.853. The molecule has 3 aromatic rings. The van der Waals surface area contributed by atoms with Crippen LogP contribution in [0.2, 0.25) is 0 Å². The number of aliphatic hydroxyl groups excluding tert-OH is 1. The van der Waals surface area contributed by atoms with Gasteiger partial charge in [-0.05, 0) is 37.1 Å². The van der Waals surface area contributed by atoms with E-state index in [1.807, 2.05) is 23.1 Å². The number of nitrogens with zero attached hydrogens (tertiary/aromatic N) is 4. The number of imidazole rings is 1. The molecule has 2 saturated heterocycles. The Morgan fingerprint density at radius 1 is 1.07 bits per heavy atom. The molecule has 2 fully saturated rings. The Morgan fingerprint density at radius 2 is 1.93 bits per heavy atom. The van der Waals surface area contributed by atoms with Crippen molar-refractivity contribution in [2.75, 3.05) is 13.2 Å². The first-order valence-electron chi connectivity index (χ1n) is 9.19. The molecule has 4 atom stereocenters. The van der Waals surface area contributed by atoms with Crippen LogP contribution < -0.4 is 0 Å². The number of hydrogen-bond donors (Lipinski definition) is 1.